The Morgan fingerprint density at radius 1 is 1.04 bits per heavy atom. The number of primary amides is 1. The van der Waals surface area contributed by atoms with Crippen molar-refractivity contribution in [2.45, 2.75) is 25.5 Å². The molecule has 2 atom stereocenters. The van der Waals surface area contributed by atoms with Gasteiger partial charge in [0, 0.05) is 44.2 Å². The lowest BCUT2D eigenvalue weighted by molar-refractivity contribution is -0.131. The monoisotopic (exact) mass is 369 g/mol. The fourth-order valence-electron chi connectivity index (χ4n) is 3.31. The van der Waals surface area contributed by atoms with Gasteiger partial charge in [0.15, 0.2) is 0 Å². The highest BCUT2D eigenvalue weighted by Crippen LogP contribution is 2.25. The summed E-state index contributed by atoms with van der Waals surface area (Å²) in [6.07, 6.45) is 3.68. The van der Waals surface area contributed by atoms with Gasteiger partial charge in [-0.1, -0.05) is 18.2 Å². The Morgan fingerprint density at radius 2 is 1.74 bits per heavy atom. The summed E-state index contributed by atoms with van der Waals surface area (Å²) < 4.78 is 7.53. The maximum atomic E-state index is 12.5. The average Bonchev–Trinajstić information content (AvgIpc) is 3.30. The molecule has 0 saturated carbocycles. The van der Waals surface area contributed by atoms with E-state index in [4.69, 9.17) is 10.5 Å². The Labute approximate surface area is 157 Å². The van der Waals surface area contributed by atoms with Crippen LogP contribution in [0.3, 0.4) is 0 Å². The first-order valence-electron chi connectivity index (χ1n) is 8.96. The molecule has 1 aromatic heterocycles. The van der Waals surface area contributed by atoms with E-state index in [0.717, 1.165) is 0 Å². The molecule has 27 heavy (non-hydrogen) atoms. The molecule has 2 N–H and O–H groups in total. The topological polar surface area (TPSA) is 94.6 Å². The highest BCUT2D eigenvalue weighted by molar-refractivity contribution is 5.89. The average molecular weight is 369 g/mol. The molecule has 0 spiro atoms. The van der Waals surface area contributed by atoms with Crippen molar-refractivity contribution in [2.24, 2.45) is 11.7 Å². The number of benzene rings is 1. The molecular formula is C20H23N3O4. The van der Waals surface area contributed by atoms with E-state index in [1.165, 1.54) is 0 Å². The molecule has 0 unspecified atom stereocenters. The molecule has 1 aliphatic rings. The summed E-state index contributed by atoms with van der Waals surface area (Å²) in [7, 11) is 0. The fourth-order valence-corrected chi connectivity index (χ4v) is 3.31. The largest absolute Gasteiger partial charge is 0.457 e. The summed E-state index contributed by atoms with van der Waals surface area (Å²) in [5, 5.41) is 0. The zero-order chi connectivity index (χ0) is 19.2. The first-order valence-corrected chi connectivity index (χ1v) is 8.96. The third-order valence-electron chi connectivity index (χ3n) is 4.72. The van der Waals surface area contributed by atoms with E-state index in [9.17, 15) is 14.4 Å². The van der Waals surface area contributed by atoms with Crippen molar-refractivity contribution in [3.05, 3.63) is 60.4 Å². The number of carbonyl (C=O) groups is 3. The standard InChI is InChI=1S/C20H23N3O4/c21-18(24)12-16-13-23(19(25)8-11-22-9-4-5-10-22)14-17(16)27-20(26)15-6-2-1-3-7-15/h1-7,9-10,16-17H,8,11-14H2,(H2,21,24)/t16-,17+/m0/s1. The lowest BCUT2D eigenvalue weighted by Gasteiger charge is -2.17. The smallest absolute Gasteiger partial charge is 0.338 e. The second-order valence-corrected chi connectivity index (χ2v) is 6.71. The molecule has 7 heteroatoms. The van der Waals surface area contributed by atoms with Gasteiger partial charge >= 0.3 is 5.97 Å². The number of hydrogen-bond donors (Lipinski definition) is 1. The molecule has 2 amide bonds. The van der Waals surface area contributed by atoms with E-state index in [-0.39, 0.29) is 24.8 Å². The van der Waals surface area contributed by atoms with Crippen LogP contribution in [0.4, 0.5) is 0 Å². The number of nitrogens with zero attached hydrogens (tertiary/aromatic N) is 2. The minimum atomic E-state index is -0.541. The number of amides is 2. The Hall–Kier alpha value is -3.09. The van der Waals surface area contributed by atoms with Gasteiger partial charge in [0.2, 0.25) is 11.8 Å². The molecule has 0 aliphatic carbocycles. The zero-order valence-electron chi connectivity index (χ0n) is 15.0. The predicted molar refractivity (Wildman–Crippen MR) is 98.6 cm³/mol. The minimum Gasteiger partial charge on any atom is -0.457 e. The molecular weight excluding hydrogens is 346 g/mol. The number of ether oxygens (including phenoxy) is 1. The van der Waals surface area contributed by atoms with Gasteiger partial charge in [-0.05, 0) is 24.3 Å². The van der Waals surface area contributed by atoms with Gasteiger partial charge < -0.3 is 19.9 Å². The van der Waals surface area contributed by atoms with E-state index in [2.05, 4.69) is 0 Å². The van der Waals surface area contributed by atoms with Crippen LogP contribution in [0.25, 0.3) is 0 Å². The first kappa shape index (κ1) is 18.7. The van der Waals surface area contributed by atoms with Crippen LogP contribution >= 0.6 is 0 Å². The number of hydrogen-bond acceptors (Lipinski definition) is 4. The molecule has 1 aliphatic heterocycles. The second kappa shape index (κ2) is 8.53. The number of rotatable bonds is 7. The van der Waals surface area contributed by atoms with Gasteiger partial charge in [-0.3, -0.25) is 9.59 Å². The lowest BCUT2D eigenvalue weighted by atomic mass is 10.0. The van der Waals surface area contributed by atoms with E-state index in [1.807, 2.05) is 35.2 Å². The van der Waals surface area contributed by atoms with Crippen LogP contribution in [-0.2, 0) is 20.9 Å². The molecule has 142 valence electrons. The van der Waals surface area contributed by atoms with Crippen molar-refractivity contribution in [1.29, 1.82) is 0 Å². The van der Waals surface area contributed by atoms with Crippen LogP contribution in [0.2, 0.25) is 0 Å². The van der Waals surface area contributed by atoms with E-state index >= 15 is 0 Å². The summed E-state index contributed by atoms with van der Waals surface area (Å²) in [4.78, 5) is 37.9. The quantitative estimate of drug-likeness (QED) is 0.747. The van der Waals surface area contributed by atoms with Crippen LogP contribution in [0, 0.1) is 5.92 Å². The second-order valence-electron chi connectivity index (χ2n) is 6.71. The van der Waals surface area contributed by atoms with Crippen molar-refractivity contribution >= 4 is 17.8 Å². The van der Waals surface area contributed by atoms with E-state index in [0.29, 0.717) is 25.1 Å². The molecule has 3 rings (SSSR count). The fraction of sp³-hybridized carbons (Fsp3) is 0.350. The van der Waals surface area contributed by atoms with Crippen LogP contribution < -0.4 is 5.73 Å². The normalized spacial score (nSPS) is 19.0. The summed E-state index contributed by atoms with van der Waals surface area (Å²) >= 11 is 0. The Morgan fingerprint density at radius 3 is 2.41 bits per heavy atom. The summed E-state index contributed by atoms with van der Waals surface area (Å²) in [5.74, 6) is -1.25. The number of nitrogens with two attached hydrogens (primary N) is 1. The zero-order valence-corrected chi connectivity index (χ0v) is 15.0. The Balaban J connectivity index is 1.62. The maximum Gasteiger partial charge on any atom is 0.338 e. The molecule has 0 radical (unpaired) electrons. The molecule has 7 nitrogen and oxygen atoms in total. The maximum absolute atomic E-state index is 12.5. The number of aromatic nitrogens is 1. The highest BCUT2D eigenvalue weighted by atomic mass is 16.5. The predicted octanol–water partition coefficient (Wildman–Crippen LogP) is 1.44. The van der Waals surface area contributed by atoms with Crippen LogP contribution in [-0.4, -0.2) is 46.4 Å². The number of aryl methyl sites for hydroxylation is 1. The minimum absolute atomic E-state index is 0.0311. The van der Waals surface area contributed by atoms with Crippen LogP contribution in [0.15, 0.2) is 54.9 Å². The van der Waals surface area contributed by atoms with E-state index < -0.39 is 18.0 Å². The molecule has 0 bridgehead atoms. The third-order valence-corrected chi connectivity index (χ3v) is 4.72. The van der Waals surface area contributed by atoms with Crippen molar-refractivity contribution < 1.29 is 19.1 Å². The van der Waals surface area contributed by atoms with Gasteiger partial charge in [-0.15, -0.1) is 0 Å². The molecule has 1 aromatic carbocycles. The van der Waals surface area contributed by atoms with Gasteiger partial charge in [0.1, 0.15) is 6.10 Å². The van der Waals surface area contributed by atoms with Gasteiger partial charge in [-0.25, -0.2) is 4.79 Å². The van der Waals surface area contributed by atoms with Gasteiger partial charge in [0.25, 0.3) is 0 Å². The first-order chi connectivity index (χ1) is 13.0. The number of carbonyl (C=O) groups excluding carboxylic acids is 3. The molecule has 2 aromatic rings. The van der Waals surface area contributed by atoms with Gasteiger partial charge in [-0.2, -0.15) is 0 Å². The summed E-state index contributed by atoms with van der Waals surface area (Å²) in [6, 6.07) is 12.5. The molecule has 2 heterocycles. The SMILES string of the molecule is NC(=O)C[C@H]1CN(C(=O)CCn2cccc2)C[C@H]1OC(=O)c1ccccc1. The molecule has 1 fully saturated rings. The van der Waals surface area contributed by atoms with Crippen LogP contribution in [0.1, 0.15) is 23.2 Å². The third kappa shape index (κ3) is 4.97. The highest BCUT2D eigenvalue weighted by Gasteiger charge is 2.38. The van der Waals surface area contributed by atoms with Crippen molar-refractivity contribution in [2.75, 3.05) is 13.1 Å². The number of esters is 1. The summed E-state index contributed by atoms with van der Waals surface area (Å²) in [6.45, 7) is 1.22. The lowest BCUT2D eigenvalue weighted by Crippen LogP contribution is -2.31. The van der Waals surface area contributed by atoms with E-state index in [1.54, 1.807) is 29.2 Å². The van der Waals surface area contributed by atoms with Crippen molar-refractivity contribution in [3.63, 3.8) is 0 Å². The Kier molecular flexibility index (Phi) is 5.90. The van der Waals surface area contributed by atoms with Crippen molar-refractivity contribution in [1.82, 2.24) is 9.47 Å². The molecule has 1 saturated heterocycles. The number of likely N-dealkylation sites (tertiary alicyclic amines) is 1. The summed E-state index contributed by atoms with van der Waals surface area (Å²) in [5.41, 5.74) is 5.77. The van der Waals surface area contributed by atoms with Gasteiger partial charge in [0.05, 0.1) is 12.1 Å². The van der Waals surface area contributed by atoms with Crippen LogP contribution in [0.5, 0.6) is 0 Å². The van der Waals surface area contributed by atoms with Crippen molar-refractivity contribution in [3.8, 4) is 0 Å². The Bertz CT molecular complexity index is 789.